The van der Waals surface area contributed by atoms with E-state index in [1.165, 1.54) is 6.08 Å². The van der Waals surface area contributed by atoms with Crippen molar-refractivity contribution < 1.29 is 15.3 Å². The van der Waals surface area contributed by atoms with Crippen LogP contribution in [0.5, 0.6) is 0 Å². The normalized spacial score (nSPS) is 17.4. The molecule has 3 heteroatoms. The van der Waals surface area contributed by atoms with Gasteiger partial charge in [-0.15, -0.1) is 6.58 Å². The largest absolute Gasteiger partial charge is 0.394 e. The quantitative estimate of drug-likeness (QED) is 0.412. The van der Waals surface area contributed by atoms with E-state index >= 15 is 0 Å². The van der Waals surface area contributed by atoms with Crippen LogP contribution in [-0.2, 0) is 0 Å². The third-order valence-electron chi connectivity index (χ3n) is 0.823. The molecule has 0 aliphatic heterocycles. The van der Waals surface area contributed by atoms with Gasteiger partial charge in [-0.3, -0.25) is 0 Å². The van der Waals surface area contributed by atoms with Crippen LogP contribution in [0.2, 0.25) is 0 Å². The van der Waals surface area contributed by atoms with E-state index < -0.39 is 18.8 Å². The lowest BCUT2D eigenvalue weighted by Crippen LogP contribution is -2.26. The van der Waals surface area contributed by atoms with E-state index in [1.54, 1.807) is 0 Å². The number of hydrogen-bond acceptors (Lipinski definition) is 3. The van der Waals surface area contributed by atoms with Crippen LogP contribution in [0.15, 0.2) is 12.7 Å². The third kappa shape index (κ3) is 2.07. The van der Waals surface area contributed by atoms with Gasteiger partial charge < -0.3 is 15.3 Å². The van der Waals surface area contributed by atoms with Gasteiger partial charge >= 0.3 is 0 Å². The Morgan fingerprint density at radius 1 is 1.50 bits per heavy atom. The summed E-state index contributed by atoms with van der Waals surface area (Å²) in [6.45, 7) is 2.77. The van der Waals surface area contributed by atoms with Crippen molar-refractivity contribution in [2.24, 2.45) is 0 Å². The average Bonchev–Trinajstić information content (AvgIpc) is 1.84. The maximum absolute atomic E-state index is 8.60. The minimum Gasteiger partial charge on any atom is -0.394 e. The SMILES string of the molecule is C=C[C@H](O)C(O)CO. The first kappa shape index (κ1) is 7.62. The van der Waals surface area contributed by atoms with Crippen molar-refractivity contribution in [3.63, 3.8) is 0 Å². The van der Waals surface area contributed by atoms with Crippen molar-refractivity contribution >= 4 is 0 Å². The van der Waals surface area contributed by atoms with Crippen LogP contribution in [0, 0.1) is 0 Å². The van der Waals surface area contributed by atoms with Gasteiger partial charge in [0.05, 0.1) is 12.7 Å². The summed E-state index contributed by atoms with van der Waals surface area (Å²) in [5.41, 5.74) is 0. The van der Waals surface area contributed by atoms with Crippen LogP contribution in [0.1, 0.15) is 0 Å². The number of hydrogen-bond donors (Lipinski definition) is 3. The van der Waals surface area contributed by atoms with Gasteiger partial charge in [0.25, 0.3) is 0 Å². The van der Waals surface area contributed by atoms with Crippen molar-refractivity contribution in [2.45, 2.75) is 12.2 Å². The molecule has 0 aromatic rings. The summed E-state index contributed by atoms with van der Waals surface area (Å²) in [4.78, 5) is 0. The first-order chi connectivity index (χ1) is 3.72. The molecule has 0 saturated carbocycles. The maximum atomic E-state index is 8.60. The molecule has 0 fully saturated rings. The zero-order valence-corrected chi connectivity index (χ0v) is 4.49. The van der Waals surface area contributed by atoms with Gasteiger partial charge in [0.2, 0.25) is 0 Å². The Labute approximate surface area is 47.9 Å². The number of aliphatic hydroxyl groups is 3. The molecule has 0 rings (SSSR count). The van der Waals surface area contributed by atoms with Gasteiger partial charge in [-0.25, -0.2) is 0 Å². The van der Waals surface area contributed by atoms with E-state index in [0.29, 0.717) is 0 Å². The number of aliphatic hydroxyl groups excluding tert-OH is 3. The Morgan fingerprint density at radius 3 is 2.12 bits per heavy atom. The summed E-state index contributed by atoms with van der Waals surface area (Å²) >= 11 is 0. The minimum atomic E-state index is -1.09. The van der Waals surface area contributed by atoms with Crippen molar-refractivity contribution in [3.05, 3.63) is 12.7 Å². The van der Waals surface area contributed by atoms with Crippen LogP contribution in [0.3, 0.4) is 0 Å². The summed E-state index contributed by atoms with van der Waals surface area (Å²) in [7, 11) is 0. The molecule has 0 aliphatic carbocycles. The van der Waals surface area contributed by atoms with E-state index in [-0.39, 0.29) is 0 Å². The lowest BCUT2D eigenvalue weighted by atomic mass is 10.2. The molecule has 48 valence electrons. The van der Waals surface area contributed by atoms with Crippen molar-refractivity contribution in [3.8, 4) is 0 Å². The molecule has 0 aliphatic rings. The second kappa shape index (κ2) is 3.60. The molecule has 0 aromatic carbocycles. The van der Waals surface area contributed by atoms with E-state index in [1.807, 2.05) is 0 Å². The Balaban J connectivity index is 3.44. The molecule has 3 N–H and O–H groups in total. The van der Waals surface area contributed by atoms with E-state index in [0.717, 1.165) is 0 Å². The Morgan fingerprint density at radius 2 is 2.00 bits per heavy atom. The molecule has 0 aromatic heterocycles. The molecule has 1 unspecified atom stereocenters. The Kier molecular flexibility index (Phi) is 3.43. The zero-order valence-electron chi connectivity index (χ0n) is 4.49. The summed E-state index contributed by atoms with van der Waals surface area (Å²) in [5, 5.41) is 25.3. The fourth-order valence-electron chi connectivity index (χ4n) is 0.265. The van der Waals surface area contributed by atoms with Crippen LogP contribution in [0.4, 0.5) is 0 Å². The van der Waals surface area contributed by atoms with Gasteiger partial charge in [-0.2, -0.15) is 0 Å². The molecular weight excluding hydrogens is 108 g/mol. The van der Waals surface area contributed by atoms with Crippen LogP contribution < -0.4 is 0 Å². The third-order valence-corrected chi connectivity index (χ3v) is 0.823. The smallest absolute Gasteiger partial charge is 0.106 e. The van der Waals surface area contributed by atoms with E-state index in [9.17, 15) is 0 Å². The van der Waals surface area contributed by atoms with Gasteiger partial charge in [-0.05, 0) is 0 Å². The highest BCUT2D eigenvalue weighted by atomic mass is 16.4. The highest BCUT2D eigenvalue weighted by Gasteiger charge is 2.09. The lowest BCUT2D eigenvalue weighted by Gasteiger charge is -2.09. The molecule has 0 radical (unpaired) electrons. The predicted octanol–water partition coefficient (Wildman–Crippen LogP) is -1.11. The van der Waals surface area contributed by atoms with Gasteiger partial charge in [0.15, 0.2) is 0 Å². The maximum Gasteiger partial charge on any atom is 0.106 e. The molecule has 0 spiro atoms. The van der Waals surface area contributed by atoms with E-state index in [4.69, 9.17) is 15.3 Å². The van der Waals surface area contributed by atoms with Gasteiger partial charge in [0.1, 0.15) is 6.10 Å². The molecule has 0 bridgehead atoms. The van der Waals surface area contributed by atoms with E-state index in [2.05, 4.69) is 6.58 Å². The molecular formula is C5H10O3. The molecule has 0 amide bonds. The molecule has 0 heterocycles. The molecule has 2 atom stereocenters. The van der Waals surface area contributed by atoms with Crippen molar-refractivity contribution in [1.29, 1.82) is 0 Å². The first-order valence-corrected chi connectivity index (χ1v) is 2.32. The Bertz CT molecular complexity index is 72.1. The fraction of sp³-hybridized carbons (Fsp3) is 0.600. The second-order valence-corrected chi connectivity index (χ2v) is 1.48. The van der Waals surface area contributed by atoms with Crippen molar-refractivity contribution in [1.82, 2.24) is 0 Å². The Hall–Kier alpha value is -0.380. The standard InChI is InChI=1S/C5H10O3/c1-2-4(7)5(8)3-6/h2,4-8H,1,3H2/t4-,5?/m0/s1. The summed E-state index contributed by atoms with van der Waals surface area (Å²) in [6.07, 6.45) is -0.937. The van der Waals surface area contributed by atoms with Gasteiger partial charge in [-0.1, -0.05) is 6.08 Å². The van der Waals surface area contributed by atoms with Crippen LogP contribution in [-0.4, -0.2) is 34.1 Å². The van der Waals surface area contributed by atoms with Crippen molar-refractivity contribution in [2.75, 3.05) is 6.61 Å². The summed E-state index contributed by atoms with van der Waals surface area (Å²) < 4.78 is 0. The summed E-state index contributed by atoms with van der Waals surface area (Å²) in [6, 6.07) is 0. The topological polar surface area (TPSA) is 60.7 Å². The molecule has 8 heavy (non-hydrogen) atoms. The predicted molar refractivity (Wildman–Crippen MR) is 29.3 cm³/mol. The first-order valence-electron chi connectivity index (χ1n) is 2.32. The zero-order chi connectivity index (χ0) is 6.57. The highest BCUT2D eigenvalue weighted by Crippen LogP contribution is 1.90. The average molecular weight is 118 g/mol. The fourth-order valence-corrected chi connectivity index (χ4v) is 0.265. The monoisotopic (exact) mass is 118 g/mol. The minimum absolute atomic E-state index is 0.437. The lowest BCUT2D eigenvalue weighted by molar-refractivity contribution is 0.00964. The van der Waals surface area contributed by atoms with Crippen LogP contribution >= 0.6 is 0 Å². The summed E-state index contributed by atoms with van der Waals surface area (Å²) in [5.74, 6) is 0. The van der Waals surface area contributed by atoms with Gasteiger partial charge in [0, 0.05) is 0 Å². The molecule has 3 nitrogen and oxygen atoms in total. The second-order valence-electron chi connectivity index (χ2n) is 1.48. The van der Waals surface area contributed by atoms with Crippen LogP contribution in [0.25, 0.3) is 0 Å². The molecule has 0 saturated heterocycles. The highest BCUT2D eigenvalue weighted by molar-refractivity contribution is 4.83. The number of rotatable bonds is 3.